The molecule has 0 aliphatic carbocycles. The Morgan fingerprint density at radius 2 is 1.88 bits per heavy atom. The summed E-state index contributed by atoms with van der Waals surface area (Å²) in [7, 11) is 0. The van der Waals surface area contributed by atoms with Crippen molar-refractivity contribution in [3.8, 4) is 5.69 Å². The average molecular weight is 442 g/mol. The number of aliphatic imine (C=N–C) groups is 1. The van der Waals surface area contributed by atoms with Crippen molar-refractivity contribution in [1.82, 2.24) is 9.58 Å². The summed E-state index contributed by atoms with van der Waals surface area (Å²) >= 11 is 1.38. The molecule has 0 atom stereocenters. The monoisotopic (exact) mass is 441 g/mol. The van der Waals surface area contributed by atoms with E-state index in [9.17, 15) is 4.79 Å². The molecule has 0 spiro atoms. The van der Waals surface area contributed by atoms with Crippen LogP contribution < -0.4 is 0 Å². The van der Waals surface area contributed by atoms with Gasteiger partial charge in [-0.25, -0.2) is 0 Å². The van der Waals surface area contributed by atoms with Crippen LogP contribution in [0.3, 0.4) is 0 Å². The maximum atomic E-state index is 12.7. The maximum absolute atomic E-state index is 12.7. The molecule has 0 radical (unpaired) electrons. The highest BCUT2D eigenvalue weighted by Crippen LogP contribution is 2.31. The second-order valence-electron chi connectivity index (χ2n) is 7.96. The molecule has 2 aromatic carbocycles. The van der Waals surface area contributed by atoms with E-state index in [0.717, 1.165) is 40.5 Å². The van der Waals surface area contributed by atoms with E-state index in [-0.39, 0.29) is 11.4 Å². The molecular weight excluding hydrogens is 418 g/mol. The van der Waals surface area contributed by atoms with Crippen molar-refractivity contribution in [2.75, 3.05) is 0 Å². The number of amidine groups is 2. The molecule has 0 unspecified atom stereocenters. The van der Waals surface area contributed by atoms with Crippen LogP contribution in [0.15, 0.2) is 64.2 Å². The smallest absolute Gasteiger partial charge is 0.283 e. The van der Waals surface area contributed by atoms with Crippen molar-refractivity contribution in [3.05, 3.63) is 71.1 Å². The number of carbonyl (C=O) groups excluding carboxylic acids is 1. The summed E-state index contributed by atoms with van der Waals surface area (Å²) in [6.07, 6.45) is 3.54. The van der Waals surface area contributed by atoms with Gasteiger partial charge in [0.1, 0.15) is 5.04 Å². The number of fused-ring (bicyclic) bond motifs is 2. The van der Waals surface area contributed by atoms with Crippen LogP contribution >= 0.6 is 11.8 Å². The summed E-state index contributed by atoms with van der Waals surface area (Å²) in [4.78, 5) is 16.9. The van der Waals surface area contributed by atoms with Crippen LogP contribution in [0, 0.1) is 19.3 Å². The predicted octanol–water partition coefficient (Wildman–Crippen LogP) is 5.67. The fourth-order valence-electron chi connectivity index (χ4n) is 4.15. The molecule has 2 aliphatic rings. The molecular formula is C25H23N5OS. The Bertz CT molecular complexity index is 1380. The molecule has 2 aliphatic heterocycles. The molecule has 160 valence electrons. The largest absolute Gasteiger partial charge is 0.318 e. The fourth-order valence-corrected chi connectivity index (χ4v) is 5.14. The third kappa shape index (κ3) is 3.39. The highest BCUT2D eigenvalue weighted by Gasteiger charge is 2.35. The molecule has 0 saturated heterocycles. The molecule has 3 aromatic rings. The number of nitrogens with one attached hydrogen (secondary N) is 1. The molecule has 5 rings (SSSR count). The number of nitrogens with zero attached hydrogens (tertiary/aromatic N) is 4. The Morgan fingerprint density at radius 1 is 1.09 bits per heavy atom. The van der Waals surface area contributed by atoms with Crippen LogP contribution in [-0.2, 0) is 4.79 Å². The lowest BCUT2D eigenvalue weighted by Gasteiger charge is -2.20. The molecule has 7 heteroatoms. The van der Waals surface area contributed by atoms with Crippen molar-refractivity contribution in [3.63, 3.8) is 0 Å². The number of aryl methyl sites for hydroxylation is 1. The zero-order valence-corrected chi connectivity index (χ0v) is 19.0. The summed E-state index contributed by atoms with van der Waals surface area (Å²) in [5.41, 5.74) is 4.29. The first-order valence-corrected chi connectivity index (χ1v) is 11.4. The lowest BCUT2D eigenvalue weighted by atomic mass is 10.1. The number of hydrogen-bond donors (Lipinski definition) is 1. The number of amides is 1. The van der Waals surface area contributed by atoms with E-state index in [1.807, 2.05) is 32.0 Å². The first kappa shape index (κ1) is 20.5. The zero-order valence-electron chi connectivity index (χ0n) is 18.2. The molecule has 0 fully saturated rings. The van der Waals surface area contributed by atoms with Crippen molar-refractivity contribution in [1.29, 1.82) is 5.41 Å². The molecule has 3 heterocycles. The Balaban J connectivity index is 1.54. The molecule has 1 N–H and O–H groups in total. The first-order chi connectivity index (χ1) is 15.5. The predicted molar refractivity (Wildman–Crippen MR) is 133 cm³/mol. The van der Waals surface area contributed by atoms with E-state index in [1.54, 1.807) is 6.08 Å². The van der Waals surface area contributed by atoms with Crippen LogP contribution in [0.4, 0.5) is 0 Å². The molecule has 1 aromatic heterocycles. The van der Waals surface area contributed by atoms with Crippen molar-refractivity contribution < 1.29 is 4.79 Å². The normalized spacial score (nSPS) is 17.2. The van der Waals surface area contributed by atoms with Crippen molar-refractivity contribution in [2.24, 2.45) is 10.1 Å². The summed E-state index contributed by atoms with van der Waals surface area (Å²) < 4.78 is 2.17. The Hall–Kier alpha value is -3.45. The van der Waals surface area contributed by atoms with E-state index in [4.69, 9.17) is 5.41 Å². The van der Waals surface area contributed by atoms with Crippen LogP contribution in [0.5, 0.6) is 0 Å². The Labute approximate surface area is 190 Å². The SMILES string of the molecule is CCCC1=NN2C(=N)/C(=C/c3cc(C)n(-c4ccc5ccccc5c4)c3C)C(=O)N=C2S1. The topological polar surface area (TPSA) is 73.8 Å². The van der Waals surface area contributed by atoms with Gasteiger partial charge >= 0.3 is 0 Å². The molecule has 32 heavy (non-hydrogen) atoms. The van der Waals surface area contributed by atoms with E-state index >= 15 is 0 Å². The quantitative estimate of drug-likeness (QED) is 0.530. The highest BCUT2D eigenvalue weighted by atomic mass is 32.2. The standard InChI is InChI=1S/C25H23N5OS/c1-4-7-22-28-30-23(26)21(24(31)27-25(30)32-22)14-19-12-15(2)29(16(19)3)20-11-10-17-8-5-6-9-18(17)13-20/h5-6,8-14,26H,4,7H2,1-3H3/b21-14-,26-23?. The van der Waals surface area contributed by atoms with Crippen molar-refractivity contribution >= 4 is 50.6 Å². The first-order valence-electron chi connectivity index (χ1n) is 10.6. The lowest BCUT2D eigenvalue weighted by molar-refractivity contribution is -0.114. The number of rotatable bonds is 4. The fraction of sp³-hybridized carbons (Fsp3) is 0.200. The summed E-state index contributed by atoms with van der Waals surface area (Å²) in [5, 5.41) is 18.3. The van der Waals surface area contributed by atoms with E-state index in [0.29, 0.717) is 5.17 Å². The second kappa shape index (κ2) is 7.91. The number of hydrogen-bond acceptors (Lipinski definition) is 4. The summed E-state index contributed by atoms with van der Waals surface area (Å²) in [6.45, 7) is 6.16. The number of thioether (sulfide) groups is 1. The molecule has 1 amide bonds. The summed E-state index contributed by atoms with van der Waals surface area (Å²) in [5.74, 6) is -0.314. The van der Waals surface area contributed by atoms with Crippen LogP contribution in [-0.4, -0.2) is 31.5 Å². The average Bonchev–Trinajstić information content (AvgIpc) is 3.30. The second-order valence-corrected chi connectivity index (χ2v) is 9.00. The zero-order chi connectivity index (χ0) is 22.4. The van der Waals surface area contributed by atoms with Gasteiger partial charge in [-0.2, -0.15) is 15.1 Å². The number of benzene rings is 2. The minimum absolute atomic E-state index is 0.0779. The van der Waals surface area contributed by atoms with Gasteiger partial charge in [-0.1, -0.05) is 37.3 Å². The van der Waals surface area contributed by atoms with Crippen LogP contribution in [0.1, 0.15) is 36.7 Å². The number of hydrazone groups is 1. The van der Waals surface area contributed by atoms with Gasteiger partial charge in [0, 0.05) is 17.1 Å². The Morgan fingerprint density at radius 3 is 2.66 bits per heavy atom. The summed E-state index contributed by atoms with van der Waals surface area (Å²) in [6, 6.07) is 16.7. The van der Waals surface area contributed by atoms with Gasteiger partial charge in [0.25, 0.3) is 5.91 Å². The highest BCUT2D eigenvalue weighted by molar-refractivity contribution is 8.26. The van der Waals surface area contributed by atoms with Gasteiger partial charge in [0.05, 0.1) is 5.57 Å². The van der Waals surface area contributed by atoms with Gasteiger partial charge < -0.3 is 4.57 Å². The van der Waals surface area contributed by atoms with Crippen molar-refractivity contribution in [2.45, 2.75) is 33.6 Å². The van der Waals surface area contributed by atoms with Crippen LogP contribution in [0.25, 0.3) is 22.5 Å². The number of aromatic nitrogens is 1. The third-order valence-electron chi connectivity index (χ3n) is 5.72. The van der Waals surface area contributed by atoms with E-state index < -0.39 is 5.91 Å². The van der Waals surface area contributed by atoms with Crippen LogP contribution in [0.2, 0.25) is 0 Å². The number of carbonyl (C=O) groups is 1. The van der Waals surface area contributed by atoms with Gasteiger partial charge in [-0.15, -0.1) is 0 Å². The molecule has 6 nitrogen and oxygen atoms in total. The van der Waals surface area contributed by atoms with Gasteiger partial charge in [0.15, 0.2) is 5.84 Å². The maximum Gasteiger partial charge on any atom is 0.283 e. The minimum Gasteiger partial charge on any atom is -0.318 e. The Kier molecular flexibility index (Phi) is 5.06. The minimum atomic E-state index is -0.391. The molecule has 0 bridgehead atoms. The third-order valence-corrected chi connectivity index (χ3v) is 6.69. The van der Waals surface area contributed by atoms with E-state index in [1.165, 1.54) is 27.5 Å². The van der Waals surface area contributed by atoms with Gasteiger partial charge in [0.2, 0.25) is 5.17 Å². The lowest BCUT2D eigenvalue weighted by Crippen LogP contribution is -2.35. The van der Waals surface area contributed by atoms with Gasteiger partial charge in [-0.3, -0.25) is 10.2 Å². The van der Waals surface area contributed by atoms with Gasteiger partial charge in [-0.05, 0) is 79.1 Å². The van der Waals surface area contributed by atoms with E-state index in [2.05, 4.69) is 51.9 Å². The molecule has 0 saturated carbocycles.